The molecule has 0 radical (unpaired) electrons. The second kappa shape index (κ2) is 8.19. The lowest BCUT2D eigenvalue weighted by Crippen LogP contribution is -2.51. The fourth-order valence-electron chi connectivity index (χ4n) is 3.63. The molecule has 1 amide bonds. The molecule has 0 aliphatic carbocycles. The second-order valence-electron chi connectivity index (χ2n) is 8.34. The smallest absolute Gasteiger partial charge is 0.224 e. The van der Waals surface area contributed by atoms with Gasteiger partial charge in [-0.25, -0.2) is 8.42 Å². The van der Waals surface area contributed by atoms with Crippen molar-refractivity contribution in [1.82, 2.24) is 9.21 Å². The Bertz CT molecular complexity index is 776. The van der Waals surface area contributed by atoms with Gasteiger partial charge in [0.1, 0.15) is 0 Å². The zero-order valence-corrected chi connectivity index (χ0v) is 18.3. The van der Waals surface area contributed by atoms with E-state index in [4.69, 9.17) is 0 Å². The Morgan fingerprint density at radius 1 is 1.11 bits per heavy atom. The Morgan fingerprint density at radius 3 is 2.22 bits per heavy atom. The lowest BCUT2D eigenvalue weighted by atomic mass is 10.1. The normalized spacial score (nSPS) is 16.1. The van der Waals surface area contributed by atoms with Gasteiger partial charge in [-0.15, -0.1) is 0 Å². The van der Waals surface area contributed by atoms with Crippen LogP contribution in [0.25, 0.3) is 0 Å². The summed E-state index contributed by atoms with van der Waals surface area (Å²) in [5.41, 5.74) is 3.26. The second-order valence-corrected chi connectivity index (χ2v) is 10.2. The molecule has 0 atom stereocenters. The number of amides is 1. The zero-order valence-electron chi connectivity index (χ0n) is 17.4. The topological polar surface area (TPSA) is 60.9 Å². The SMILES string of the molecule is Cc1cccc(N2CCN(C(=O)CCN(C(C)(C)C)S(C)(=O)=O)CC2)c1C. The molecule has 1 heterocycles. The van der Waals surface area contributed by atoms with Crippen molar-refractivity contribution in [3.8, 4) is 0 Å². The van der Waals surface area contributed by atoms with Crippen molar-refractivity contribution in [3.63, 3.8) is 0 Å². The van der Waals surface area contributed by atoms with Crippen LogP contribution < -0.4 is 4.90 Å². The van der Waals surface area contributed by atoms with Crippen molar-refractivity contribution in [1.29, 1.82) is 0 Å². The number of nitrogens with zero attached hydrogens (tertiary/aromatic N) is 3. The summed E-state index contributed by atoms with van der Waals surface area (Å²) in [5.74, 6) is 0.0218. The molecule has 0 N–H and O–H groups in total. The van der Waals surface area contributed by atoms with Crippen molar-refractivity contribution in [3.05, 3.63) is 29.3 Å². The minimum absolute atomic E-state index is 0.0218. The molecule has 1 saturated heterocycles. The quantitative estimate of drug-likeness (QED) is 0.768. The number of carbonyl (C=O) groups is 1. The average molecular weight is 396 g/mol. The van der Waals surface area contributed by atoms with E-state index in [-0.39, 0.29) is 18.9 Å². The van der Waals surface area contributed by atoms with Gasteiger partial charge in [0.2, 0.25) is 15.9 Å². The maximum atomic E-state index is 12.6. The molecule has 0 spiro atoms. The first kappa shape index (κ1) is 21.7. The first-order valence-corrected chi connectivity index (χ1v) is 11.3. The number of anilines is 1. The highest BCUT2D eigenvalue weighted by Crippen LogP contribution is 2.24. The maximum absolute atomic E-state index is 12.6. The van der Waals surface area contributed by atoms with E-state index in [0.717, 1.165) is 13.1 Å². The summed E-state index contributed by atoms with van der Waals surface area (Å²) in [7, 11) is -3.35. The molecule has 1 fully saturated rings. The summed E-state index contributed by atoms with van der Waals surface area (Å²) < 4.78 is 25.4. The van der Waals surface area contributed by atoms with E-state index in [1.807, 2.05) is 25.7 Å². The van der Waals surface area contributed by atoms with Gasteiger partial charge in [-0.2, -0.15) is 4.31 Å². The predicted octanol–water partition coefficient (Wildman–Crippen LogP) is 2.40. The van der Waals surface area contributed by atoms with Crippen LogP contribution in [0.15, 0.2) is 18.2 Å². The van der Waals surface area contributed by atoms with Gasteiger partial charge in [0.25, 0.3) is 0 Å². The summed E-state index contributed by atoms with van der Waals surface area (Å²) in [5, 5.41) is 0. The van der Waals surface area contributed by atoms with Crippen LogP contribution in [0.5, 0.6) is 0 Å². The molecule has 2 rings (SSSR count). The van der Waals surface area contributed by atoms with Crippen molar-refractivity contribution >= 4 is 21.6 Å². The Hall–Kier alpha value is -1.60. The molecule has 0 saturated carbocycles. The van der Waals surface area contributed by atoms with Crippen molar-refractivity contribution < 1.29 is 13.2 Å². The highest BCUT2D eigenvalue weighted by Gasteiger charge is 2.31. The molecule has 152 valence electrons. The van der Waals surface area contributed by atoms with E-state index in [9.17, 15) is 13.2 Å². The molecule has 6 nitrogen and oxygen atoms in total. The minimum atomic E-state index is -3.35. The summed E-state index contributed by atoms with van der Waals surface area (Å²) in [6, 6.07) is 6.32. The van der Waals surface area contributed by atoms with E-state index in [2.05, 4.69) is 36.9 Å². The van der Waals surface area contributed by atoms with Gasteiger partial charge >= 0.3 is 0 Å². The number of aryl methyl sites for hydroxylation is 1. The first-order chi connectivity index (χ1) is 12.4. The van der Waals surface area contributed by atoms with Crippen LogP contribution in [0, 0.1) is 13.8 Å². The molecule has 1 aromatic rings. The van der Waals surface area contributed by atoms with Gasteiger partial charge in [-0.05, 0) is 51.8 Å². The third-order valence-electron chi connectivity index (χ3n) is 5.23. The molecule has 0 unspecified atom stereocenters. The number of carbonyl (C=O) groups excluding carboxylic acids is 1. The summed E-state index contributed by atoms with van der Waals surface area (Å²) in [6.07, 6.45) is 1.42. The summed E-state index contributed by atoms with van der Waals surface area (Å²) in [6.45, 7) is 12.9. The Kier molecular flexibility index (Phi) is 6.58. The Labute approximate surface area is 164 Å². The minimum Gasteiger partial charge on any atom is -0.368 e. The molecular weight excluding hydrogens is 362 g/mol. The van der Waals surface area contributed by atoms with Crippen LogP contribution in [0.4, 0.5) is 5.69 Å². The molecule has 27 heavy (non-hydrogen) atoms. The van der Waals surface area contributed by atoms with E-state index in [1.54, 1.807) is 0 Å². The van der Waals surface area contributed by atoms with Crippen LogP contribution in [0.1, 0.15) is 38.3 Å². The average Bonchev–Trinajstić information content (AvgIpc) is 2.55. The third-order valence-corrected chi connectivity index (χ3v) is 6.76. The van der Waals surface area contributed by atoms with E-state index in [1.165, 1.54) is 27.4 Å². The zero-order chi connectivity index (χ0) is 20.4. The number of hydrogen-bond donors (Lipinski definition) is 0. The number of hydrogen-bond acceptors (Lipinski definition) is 4. The van der Waals surface area contributed by atoms with Crippen molar-refractivity contribution in [2.24, 2.45) is 0 Å². The molecule has 0 aromatic heterocycles. The van der Waals surface area contributed by atoms with Crippen molar-refractivity contribution in [2.45, 2.75) is 46.6 Å². The van der Waals surface area contributed by atoms with Crippen LogP contribution in [0.3, 0.4) is 0 Å². The maximum Gasteiger partial charge on any atom is 0.224 e. The van der Waals surface area contributed by atoms with Crippen LogP contribution in [-0.2, 0) is 14.8 Å². The third kappa shape index (κ3) is 5.45. The van der Waals surface area contributed by atoms with E-state index >= 15 is 0 Å². The van der Waals surface area contributed by atoms with Crippen LogP contribution in [0.2, 0.25) is 0 Å². The van der Waals surface area contributed by atoms with Gasteiger partial charge in [-0.3, -0.25) is 4.79 Å². The summed E-state index contributed by atoms with van der Waals surface area (Å²) in [4.78, 5) is 16.8. The molecule has 7 heteroatoms. The van der Waals surface area contributed by atoms with E-state index < -0.39 is 15.6 Å². The molecule has 0 bridgehead atoms. The highest BCUT2D eigenvalue weighted by molar-refractivity contribution is 7.88. The Balaban J connectivity index is 1.94. The van der Waals surface area contributed by atoms with Gasteiger partial charge in [0, 0.05) is 50.4 Å². The predicted molar refractivity (Wildman–Crippen MR) is 111 cm³/mol. The highest BCUT2D eigenvalue weighted by atomic mass is 32.2. The monoisotopic (exact) mass is 395 g/mol. The fraction of sp³-hybridized carbons (Fsp3) is 0.650. The number of rotatable bonds is 5. The number of sulfonamides is 1. The van der Waals surface area contributed by atoms with Crippen LogP contribution >= 0.6 is 0 Å². The van der Waals surface area contributed by atoms with Gasteiger partial charge in [0.05, 0.1) is 6.26 Å². The molecular formula is C20H33N3O3S. The molecule has 1 aliphatic rings. The van der Waals surface area contributed by atoms with Crippen molar-refractivity contribution in [2.75, 3.05) is 43.9 Å². The number of benzene rings is 1. The first-order valence-electron chi connectivity index (χ1n) is 9.48. The van der Waals surface area contributed by atoms with Gasteiger partial charge in [-0.1, -0.05) is 12.1 Å². The molecule has 1 aliphatic heterocycles. The standard InChI is InChI=1S/C20H33N3O3S/c1-16-8-7-9-18(17(16)2)21-12-14-22(15-13-21)19(24)10-11-23(20(3,4)5)27(6,25)26/h7-9H,10-15H2,1-6H3. The fourth-order valence-corrected chi connectivity index (χ4v) is 5.05. The lowest BCUT2D eigenvalue weighted by molar-refractivity contribution is -0.131. The van der Waals surface area contributed by atoms with E-state index in [0.29, 0.717) is 13.1 Å². The number of piperazine rings is 1. The summed E-state index contributed by atoms with van der Waals surface area (Å²) >= 11 is 0. The Morgan fingerprint density at radius 2 is 1.70 bits per heavy atom. The van der Waals surface area contributed by atoms with Gasteiger partial charge in [0.15, 0.2) is 0 Å². The lowest BCUT2D eigenvalue weighted by Gasteiger charge is -2.38. The van der Waals surface area contributed by atoms with Crippen LogP contribution in [-0.4, -0.2) is 68.0 Å². The largest absolute Gasteiger partial charge is 0.368 e. The van der Waals surface area contributed by atoms with Gasteiger partial charge < -0.3 is 9.80 Å². The molecule has 1 aromatic carbocycles.